The van der Waals surface area contributed by atoms with Crippen LogP contribution in [0.3, 0.4) is 0 Å². The van der Waals surface area contributed by atoms with Crippen LogP contribution in [0.2, 0.25) is 0 Å². The highest BCUT2D eigenvalue weighted by Gasteiger charge is 2.13. The molecule has 0 nitrogen and oxygen atoms in total. The second-order valence-corrected chi connectivity index (χ2v) is 6.82. The molecule has 0 saturated heterocycles. The Morgan fingerprint density at radius 2 is 0.857 bits per heavy atom. The molecule has 0 saturated carbocycles. The van der Waals surface area contributed by atoms with Crippen LogP contribution in [0.4, 0.5) is 0 Å². The third-order valence-electron chi connectivity index (χ3n) is 5.10. The fraction of sp³-hybridized carbons (Fsp3) is 0. The summed E-state index contributed by atoms with van der Waals surface area (Å²) in [6, 6.07) is 38.0. The molecule has 5 aromatic rings. The monoisotopic (exact) mass is 354 g/mol. The summed E-state index contributed by atoms with van der Waals surface area (Å²) in [6.45, 7) is 0. The summed E-state index contributed by atoms with van der Waals surface area (Å²) >= 11 is 0. The summed E-state index contributed by atoms with van der Waals surface area (Å²) in [5, 5.41) is 4.88. The van der Waals surface area contributed by atoms with Crippen molar-refractivity contribution in [2.24, 2.45) is 0 Å². The molecule has 5 rings (SSSR count). The van der Waals surface area contributed by atoms with E-state index in [2.05, 4.69) is 103 Å². The van der Waals surface area contributed by atoms with Gasteiger partial charge >= 0.3 is 0 Å². The Bertz CT molecular complexity index is 1280. The van der Waals surface area contributed by atoms with Crippen LogP contribution in [0.5, 0.6) is 0 Å². The molecule has 0 heterocycles. The molecule has 0 fully saturated rings. The lowest BCUT2D eigenvalue weighted by Crippen LogP contribution is -1.90. The SMILES string of the molecule is C(#Cc1c2ccccc2c(-c2ccccc2)c2ccccc12)c1ccccc1. The van der Waals surface area contributed by atoms with Gasteiger partial charge in [0.2, 0.25) is 0 Å². The lowest BCUT2D eigenvalue weighted by Gasteiger charge is -2.14. The van der Waals surface area contributed by atoms with E-state index >= 15 is 0 Å². The smallest absolute Gasteiger partial charge is 0.0406 e. The van der Waals surface area contributed by atoms with E-state index in [4.69, 9.17) is 0 Å². The maximum absolute atomic E-state index is 3.48. The van der Waals surface area contributed by atoms with Crippen LogP contribution < -0.4 is 0 Å². The quantitative estimate of drug-likeness (QED) is 0.223. The molecule has 28 heavy (non-hydrogen) atoms. The first-order chi connectivity index (χ1) is 13.9. The average Bonchev–Trinajstić information content (AvgIpc) is 2.78. The molecule has 0 unspecified atom stereocenters. The minimum Gasteiger partial charge on any atom is -0.0622 e. The first-order valence-electron chi connectivity index (χ1n) is 9.48. The zero-order chi connectivity index (χ0) is 18.8. The van der Waals surface area contributed by atoms with Crippen LogP contribution in [-0.4, -0.2) is 0 Å². The van der Waals surface area contributed by atoms with E-state index in [-0.39, 0.29) is 0 Å². The molecule has 0 bridgehead atoms. The summed E-state index contributed by atoms with van der Waals surface area (Å²) in [5.41, 5.74) is 4.63. The van der Waals surface area contributed by atoms with E-state index < -0.39 is 0 Å². The second kappa shape index (κ2) is 7.06. The third kappa shape index (κ3) is 2.84. The normalized spacial score (nSPS) is 10.6. The van der Waals surface area contributed by atoms with Gasteiger partial charge in [-0.15, -0.1) is 0 Å². The molecular formula is C28H18. The molecule has 130 valence electrons. The minimum atomic E-state index is 1.03. The fourth-order valence-corrected chi connectivity index (χ4v) is 3.84. The predicted molar refractivity (Wildman–Crippen MR) is 119 cm³/mol. The summed E-state index contributed by atoms with van der Waals surface area (Å²) in [6.07, 6.45) is 0. The van der Waals surface area contributed by atoms with Crippen LogP contribution >= 0.6 is 0 Å². The highest BCUT2D eigenvalue weighted by molar-refractivity contribution is 6.16. The van der Waals surface area contributed by atoms with E-state index in [1.165, 1.54) is 32.7 Å². The lowest BCUT2D eigenvalue weighted by atomic mass is 9.88. The van der Waals surface area contributed by atoms with Crippen molar-refractivity contribution in [3.63, 3.8) is 0 Å². The number of hydrogen-bond acceptors (Lipinski definition) is 0. The predicted octanol–water partition coefficient (Wildman–Crippen LogP) is 7.06. The zero-order valence-electron chi connectivity index (χ0n) is 15.4. The van der Waals surface area contributed by atoms with Gasteiger partial charge in [-0.05, 0) is 44.8 Å². The van der Waals surface area contributed by atoms with Crippen molar-refractivity contribution in [3.8, 4) is 23.0 Å². The topological polar surface area (TPSA) is 0 Å². The molecule has 0 amide bonds. The van der Waals surface area contributed by atoms with Gasteiger partial charge in [-0.25, -0.2) is 0 Å². The summed E-state index contributed by atoms with van der Waals surface area (Å²) < 4.78 is 0. The van der Waals surface area contributed by atoms with Crippen molar-refractivity contribution in [1.82, 2.24) is 0 Å². The molecule has 0 spiro atoms. The Balaban J connectivity index is 1.89. The van der Waals surface area contributed by atoms with Crippen molar-refractivity contribution in [3.05, 3.63) is 120 Å². The minimum absolute atomic E-state index is 1.03. The number of rotatable bonds is 1. The number of fused-ring (bicyclic) bond motifs is 2. The number of hydrogen-bond donors (Lipinski definition) is 0. The van der Waals surface area contributed by atoms with Crippen molar-refractivity contribution < 1.29 is 0 Å². The van der Waals surface area contributed by atoms with Gasteiger partial charge in [0, 0.05) is 11.1 Å². The molecule has 0 aromatic heterocycles. The Kier molecular flexibility index (Phi) is 4.13. The second-order valence-electron chi connectivity index (χ2n) is 6.82. The third-order valence-corrected chi connectivity index (χ3v) is 5.10. The Labute approximate surface area is 165 Å². The van der Waals surface area contributed by atoms with Crippen LogP contribution in [0.1, 0.15) is 11.1 Å². The van der Waals surface area contributed by atoms with Crippen molar-refractivity contribution in [2.75, 3.05) is 0 Å². The largest absolute Gasteiger partial charge is 0.0622 e. The fourth-order valence-electron chi connectivity index (χ4n) is 3.84. The maximum atomic E-state index is 3.48. The van der Waals surface area contributed by atoms with Gasteiger partial charge in [0.15, 0.2) is 0 Å². The summed E-state index contributed by atoms with van der Waals surface area (Å²) in [5.74, 6) is 6.83. The van der Waals surface area contributed by atoms with Gasteiger partial charge in [0.1, 0.15) is 0 Å². The molecular weight excluding hydrogens is 336 g/mol. The molecule has 0 aliphatic heterocycles. The summed E-state index contributed by atoms with van der Waals surface area (Å²) in [7, 11) is 0. The molecule has 0 radical (unpaired) electrons. The zero-order valence-corrected chi connectivity index (χ0v) is 15.4. The highest BCUT2D eigenvalue weighted by Crippen LogP contribution is 2.38. The Hall–Kier alpha value is -3.82. The summed E-state index contributed by atoms with van der Waals surface area (Å²) in [4.78, 5) is 0. The van der Waals surface area contributed by atoms with Crippen molar-refractivity contribution in [2.45, 2.75) is 0 Å². The average molecular weight is 354 g/mol. The van der Waals surface area contributed by atoms with Gasteiger partial charge in [0.25, 0.3) is 0 Å². The van der Waals surface area contributed by atoms with Gasteiger partial charge in [-0.2, -0.15) is 0 Å². The van der Waals surface area contributed by atoms with Crippen molar-refractivity contribution >= 4 is 21.5 Å². The van der Waals surface area contributed by atoms with Crippen molar-refractivity contribution in [1.29, 1.82) is 0 Å². The standard InChI is InChI=1S/C28H18/c1-3-11-21(12-4-1)19-20-25-23-15-7-9-17-26(23)28(22-13-5-2-6-14-22)27-18-10-8-16-24(25)27/h1-18H. The van der Waals surface area contributed by atoms with Crippen LogP contribution in [-0.2, 0) is 0 Å². The molecule has 0 atom stereocenters. The first-order valence-corrected chi connectivity index (χ1v) is 9.48. The highest BCUT2D eigenvalue weighted by atomic mass is 14.2. The van der Waals surface area contributed by atoms with E-state index in [0.29, 0.717) is 0 Å². The van der Waals surface area contributed by atoms with E-state index in [9.17, 15) is 0 Å². The lowest BCUT2D eigenvalue weighted by molar-refractivity contribution is 1.64. The van der Waals surface area contributed by atoms with Gasteiger partial charge in [-0.3, -0.25) is 0 Å². The molecule has 0 aliphatic carbocycles. The molecule has 0 aliphatic rings. The van der Waals surface area contributed by atoms with E-state index in [1.54, 1.807) is 0 Å². The van der Waals surface area contributed by atoms with Gasteiger partial charge < -0.3 is 0 Å². The molecule has 0 heteroatoms. The van der Waals surface area contributed by atoms with E-state index in [1.807, 2.05) is 18.2 Å². The van der Waals surface area contributed by atoms with Gasteiger partial charge in [0.05, 0.1) is 0 Å². The van der Waals surface area contributed by atoms with Gasteiger partial charge in [-0.1, -0.05) is 109 Å². The number of benzene rings is 5. The molecule has 5 aromatic carbocycles. The van der Waals surface area contributed by atoms with Crippen LogP contribution in [0, 0.1) is 11.8 Å². The first kappa shape index (κ1) is 16.4. The van der Waals surface area contributed by atoms with E-state index in [0.717, 1.165) is 11.1 Å². The van der Waals surface area contributed by atoms with Crippen LogP contribution in [0.15, 0.2) is 109 Å². The maximum Gasteiger partial charge on any atom is 0.0406 e. The molecule has 0 N–H and O–H groups in total. The Morgan fingerprint density at radius 1 is 0.393 bits per heavy atom. The van der Waals surface area contributed by atoms with Crippen LogP contribution in [0.25, 0.3) is 32.7 Å². The Morgan fingerprint density at radius 3 is 1.43 bits per heavy atom.